The van der Waals surface area contributed by atoms with Gasteiger partial charge in [-0.05, 0) is 44.7 Å². The lowest BCUT2D eigenvalue weighted by Crippen LogP contribution is -2.45. The number of nitrogens with one attached hydrogen (secondary N) is 1. The van der Waals surface area contributed by atoms with Crippen molar-refractivity contribution < 1.29 is 9.59 Å². The fourth-order valence-electron chi connectivity index (χ4n) is 3.46. The molecule has 3 aliphatic heterocycles. The van der Waals surface area contributed by atoms with E-state index in [-0.39, 0.29) is 11.8 Å². The molecule has 3 aliphatic rings. The van der Waals surface area contributed by atoms with Crippen molar-refractivity contribution in [3.05, 3.63) is 0 Å². The van der Waals surface area contributed by atoms with Gasteiger partial charge in [-0.2, -0.15) is 5.10 Å². The summed E-state index contributed by atoms with van der Waals surface area (Å²) < 4.78 is 0. The van der Waals surface area contributed by atoms with Crippen molar-refractivity contribution in [2.24, 2.45) is 11.0 Å². The molecule has 0 radical (unpaired) electrons. The number of amides is 2. The maximum absolute atomic E-state index is 12.3. The summed E-state index contributed by atoms with van der Waals surface area (Å²) >= 11 is 0. The van der Waals surface area contributed by atoms with Crippen LogP contribution in [0.2, 0.25) is 0 Å². The van der Waals surface area contributed by atoms with Crippen LogP contribution in [0.1, 0.15) is 38.5 Å². The van der Waals surface area contributed by atoms with E-state index in [9.17, 15) is 9.59 Å². The van der Waals surface area contributed by atoms with E-state index < -0.39 is 0 Å². The molecule has 21 heavy (non-hydrogen) atoms. The van der Waals surface area contributed by atoms with E-state index in [0.717, 1.165) is 31.8 Å². The van der Waals surface area contributed by atoms with Gasteiger partial charge in [-0.1, -0.05) is 0 Å². The van der Waals surface area contributed by atoms with Crippen molar-refractivity contribution in [3.63, 3.8) is 0 Å². The van der Waals surface area contributed by atoms with Crippen LogP contribution < -0.4 is 5.43 Å². The summed E-state index contributed by atoms with van der Waals surface area (Å²) in [5, 5.41) is 3.91. The predicted octanol–water partition coefficient (Wildman–Crippen LogP) is 0.587. The summed E-state index contributed by atoms with van der Waals surface area (Å²) in [6.07, 6.45) is 5.68. The van der Waals surface area contributed by atoms with Crippen LogP contribution in [0.3, 0.4) is 0 Å². The molecule has 116 valence electrons. The molecule has 6 nitrogen and oxygen atoms in total. The lowest BCUT2D eigenvalue weighted by Gasteiger charge is -2.34. The fourth-order valence-corrected chi connectivity index (χ4v) is 3.46. The topological polar surface area (TPSA) is 65.0 Å². The van der Waals surface area contributed by atoms with Gasteiger partial charge < -0.3 is 9.80 Å². The molecule has 0 atom stereocenters. The van der Waals surface area contributed by atoms with Gasteiger partial charge in [-0.15, -0.1) is 0 Å². The van der Waals surface area contributed by atoms with Crippen LogP contribution in [0, 0.1) is 5.92 Å². The Hall–Kier alpha value is -1.43. The molecule has 0 bridgehead atoms. The number of hydrazone groups is 1. The first-order chi connectivity index (χ1) is 10.2. The average Bonchev–Trinajstić information content (AvgIpc) is 3.01. The molecule has 6 heteroatoms. The number of rotatable bonds is 3. The third-order valence-corrected chi connectivity index (χ3v) is 4.77. The molecule has 0 aromatic rings. The Morgan fingerprint density at radius 3 is 2.48 bits per heavy atom. The van der Waals surface area contributed by atoms with Crippen LogP contribution in [0.15, 0.2) is 5.10 Å². The van der Waals surface area contributed by atoms with Crippen LogP contribution in [0.25, 0.3) is 0 Å². The first kappa shape index (κ1) is 14.5. The molecule has 0 saturated carbocycles. The third-order valence-electron chi connectivity index (χ3n) is 4.77. The number of hydrogen-bond acceptors (Lipinski definition) is 4. The van der Waals surface area contributed by atoms with Crippen LogP contribution >= 0.6 is 0 Å². The Kier molecular flexibility index (Phi) is 4.53. The molecule has 0 spiro atoms. The number of likely N-dealkylation sites (tertiary alicyclic amines) is 2. The first-order valence-electron chi connectivity index (χ1n) is 8.09. The van der Waals surface area contributed by atoms with Crippen molar-refractivity contribution in [3.8, 4) is 0 Å². The second-order valence-corrected chi connectivity index (χ2v) is 6.34. The van der Waals surface area contributed by atoms with Gasteiger partial charge in [0.2, 0.25) is 5.91 Å². The Morgan fingerprint density at radius 2 is 1.86 bits per heavy atom. The third kappa shape index (κ3) is 3.61. The van der Waals surface area contributed by atoms with E-state index >= 15 is 0 Å². The van der Waals surface area contributed by atoms with Crippen molar-refractivity contribution in [1.29, 1.82) is 0 Å². The van der Waals surface area contributed by atoms with Gasteiger partial charge >= 0.3 is 0 Å². The van der Waals surface area contributed by atoms with E-state index in [1.165, 1.54) is 32.5 Å². The average molecular weight is 292 g/mol. The summed E-state index contributed by atoms with van der Waals surface area (Å²) in [7, 11) is 0. The number of nitrogens with zero attached hydrogens (tertiary/aromatic N) is 3. The van der Waals surface area contributed by atoms with Crippen molar-refractivity contribution in [2.75, 3.05) is 32.7 Å². The quantitative estimate of drug-likeness (QED) is 0.828. The highest BCUT2D eigenvalue weighted by atomic mass is 16.2. The van der Waals surface area contributed by atoms with Gasteiger partial charge in [0.1, 0.15) is 5.71 Å². The number of hydrogen-bond donors (Lipinski definition) is 1. The lowest BCUT2D eigenvalue weighted by molar-refractivity contribution is -0.126. The molecule has 2 saturated heterocycles. The Morgan fingerprint density at radius 1 is 1.14 bits per heavy atom. The minimum atomic E-state index is -0.101. The van der Waals surface area contributed by atoms with Crippen LogP contribution in [0.5, 0.6) is 0 Å². The molecule has 3 rings (SSSR count). The highest BCUT2D eigenvalue weighted by Crippen LogP contribution is 2.21. The molecular weight excluding hydrogens is 268 g/mol. The van der Waals surface area contributed by atoms with Crippen LogP contribution in [0.4, 0.5) is 0 Å². The minimum absolute atomic E-state index is 0.00891. The Balaban J connectivity index is 1.46. The molecule has 2 fully saturated rings. The van der Waals surface area contributed by atoms with E-state index in [4.69, 9.17) is 0 Å². The normalized spacial score (nSPS) is 24.9. The number of carbonyl (C=O) groups excluding carboxylic acids is 2. The van der Waals surface area contributed by atoms with E-state index in [0.29, 0.717) is 18.6 Å². The SMILES string of the molecule is O=C1CCC(C(=O)N2CCC(CN3CCCC3)CC2)=NN1. The minimum Gasteiger partial charge on any atom is -0.338 e. The fraction of sp³-hybridized carbons (Fsp3) is 0.800. The summed E-state index contributed by atoms with van der Waals surface area (Å²) in [6, 6.07) is 0. The smallest absolute Gasteiger partial charge is 0.270 e. The summed E-state index contributed by atoms with van der Waals surface area (Å²) in [6.45, 7) is 5.33. The first-order valence-corrected chi connectivity index (χ1v) is 8.09. The molecule has 3 heterocycles. The molecule has 0 aromatic carbocycles. The van der Waals surface area contributed by atoms with Gasteiger partial charge in [0.25, 0.3) is 5.91 Å². The van der Waals surface area contributed by atoms with Gasteiger partial charge in [0.05, 0.1) is 0 Å². The highest BCUT2D eigenvalue weighted by Gasteiger charge is 2.28. The second-order valence-electron chi connectivity index (χ2n) is 6.34. The number of piperidine rings is 1. The maximum atomic E-state index is 12.3. The van der Waals surface area contributed by atoms with Gasteiger partial charge in [-0.3, -0.25) is 9.59 Å². The Labute approximate surface area is 125 Å². The Bertz CT molecular complexity index is 435. The summed E-state index contributed by atoms with van der Waals surface area (Å²) in [5.74, 6) is 0.630. The van der Waals surface area contributed by atoms with Crippen molar-refractivity contribution >= 4 is 17.5 Å². The van der Waals surface area contributed by atoms with Crippen molar-refractivity contribution in [2.45, 2.75) is 38.5 Å². The summed E-state index contributed by atoms with van der Waals surface area (Å²) in [4.78, 5) is 27.9. The molecule has 1 N–H and O–H groups in total. The zero-order valence-corrected chi connectivity index (χ0v) is 12.5. The molecule has 0 aromatic heterocycles. The van der Waals surface area contributed by atoms with Crippen molar-refractivity contribution in [1.82, 2.24) is 15.2 Å². The van der Waals surface area contributed by atoms with Gasteiger partial charge in [0.15, 0.2) is 0 Å². The van der Waals surface area contributed by atoms with E-state index in [1.54, 1.807) is 0 Å². The second kappa shape index (κ2) is 6.56. The van der Waals surface area contributed by atoms with E-state index in [2.05, 4.69) is 15.4 Å². The van der Waals surface area contributed by atoms with E-state index in [1.807, 2.05) is 4.90 Å². The zero-order valence-electron chi connectivity index (χ0n) is 12.5. The van der Waals surface area contributed by atoms with Gasteiger partial charge in [-0.25, -0.2) is 5.43 Å². The van der Waals surface area contributed by atoms with Crippen LogP contribution in [-0.4, -0.2) is 60.0 Å². The summed E-state index contributed by atoms with van der Waals surface area (Å²) in [5.41, 5.74) is 2.91. The largest absolute Gasteiger partial charge is 0.338 e. The standard InChI is InChI=1S/C15H24N4O2/c20-14-4-3-13(16-17-14)15(21)19-9-5-12(6-10-19)11-18-7-1-2-8-18/h12H,1-11H2,(H,17,20). The number of carbonyl (C=O) groups is 2. The predicted molar refractivity (Wildman–Crippen MR) is 79.8 cm³/mol. The monoisotopic (exact) mass is 292 g/mol. The molecular formula is C15H24N4O2. The molecule has 2 amide bonds. The highest BCUT2D eigenvalue weighted by molar-refractivity contribution is 6.39. The molecule has 0 unspecified atom stereocenters. The lowest BCUT2D eigenvalue weighted by atomic mass is 9.95. The molecule has 0 aliphatic carbocycles. The zero-order chi connectivity index (χ0) is 14.7. The maximum Gasteiger partial charge on any atom is 0.270 e. The van der Waals surface area contributed by atoms with Crippen LogP contribution in [-0.2, 0) is 9.59 Å². The van der Waals surface area contributed by atoms with Gasteiger partial charge in [0, 0.05) is 32.5 Å².